The lowest BCUT2D eigenvalue weighted by molar-refractivity contribution is 0.0198. The van der Waals surface area contributed by atoms with Crippen LogP contribution in [0.1, 0.15) is 98.3 Å². The molecule has 6 bridgehead atoms. The lowest BCUT2D eigenvalue weighted by Gasteiger charge is -2.49. The molecular weight excluding hydrogens is 252 g/mol. The highest BCUT2D eigenvalue weighted by atomic mass is 14.5. The van der Waals surface area contributed by atoms with Crippen molar-refractivity contribution in [3.63, 3.8) is 0 Å². The van der Waals surface area contributed by atoms with Gasteiger partial charge in [-0.15, -0.1) is 0 Å². The zero-order valence-corrected chi connectivity index (χ0v) is 15.2. The molecule has 0 aromatic rings. The zero-order chi connectivity index (χ0) is 15.2. The third-order valence-corrected chi connectivity index (χ3v) is 6.63. The smallest absolute Gasteiger partial charge is 0.0406 e. The molecule has 0 aliphatic heterocycles. The molecule has 0 aromatic carbocycles. The number of fused-ring (bicyclic) bond motifs is 2. The first-order chi connectivity index (χ1) is 10.3. The quantitative estimate of drug-likeness (QED) is 0.447. The van der Waals surface area contributed by atoms with Crippen LogP contribution in [0.25, 0.3) is 0 Å². The Labute approximate surface area is 134 Å². The second-order valence-corrected chi connectivity index (χ2v) is 8.00. The highest BCUT2D eigenvalue weighted by Gasteiger charge is 2.41. The maximum absolute atomic E-state index is 2.00. The number of rotatable bonds is 0. The Hall–Kier alpha value is 0. The van der Waals surface area contributed by atoms with Gasteiger partial charge in [-0.05, 0) is 80.5 Å². The van der Waals surface area contributed by atoms with Gasteiger partial charge in [-0.3, -0.25) is 0 Å². The number of hydrogen-bond donors (Lipinski definition) is 0. The highest BCUT2D eigenvalue weighted by molar-refractivity contribution is 4.92. The largest absolute Gasteiger partial charge is 0.0683 e. The Balaban J connectivity index is 0.000000130. The highest BCUT2D eigenvalue weighted by Crippen LogP contribution is 2.53. The molecule has 0 aromatic heterocycles. The van der Waals surface area contributed by atoms with Crippen molar-refractivity contribution < 1.29 is 0 Å². The summed E-state index contributed by atoms with van der Waals surface area (Å²) in [5.74, 6) is 7.05. The summed E-state index contributed by atoms with van der Waals surface area (Å²) >= 11 is 0. The maximum Gasteiger partial charge on any atom is -0.0406 e. The van der Waals surface area contributed by atoms with Crippen LogP contribution in [0.2, 0.25) is 0 Å². The van der Waals surface area contributed by atoms with E-state index in [-0.39, 0.29) is 0 Å². The summed E-state index contributed by atoms with van der Waals surface area (Å²) < 4.78 is 0. The van der Waals surface area contributed by atoms with Gasteiger partial charge in [0.25, 0.3) is 0 Å². The first kappa shape index (κ1) is 17.4. The van der Waals surface area contributed by atoms with Gasteiger partial charge >= 0.3 is 0 Å². The van der Waals surface area contributed by atoms with E-state index in [9.17, 15) is 0 Å². The molecule has 0 amide bonds. The van der Waals surface area contributed by atoms with Gasteiger partial charge < -0.3 is 0 Å². The van der Waals surface area contributed by atoms with E-state index in [2.05, 4.69) is 0 Å². The van der Waals surface area contributed by atoms with E-state index in [1.165, 1.54) is 35.5 Å². The van der Waals surface area contributed by atoms with Crippen LogP contribution in [0, 0.1) is 35.5 Å². The van der Waals surface area contributed by atoms with E-state index in [1.807, 2.05) is 27.7 Å². The van der Waals surface area contributed by atoms with Crippen LogP contribution in [0.3, 0.4) is 0 Å². The molecule has 6 aliphatic rings. The third-order valence-electron chi connectivity index (χ3n) is 6.63. The van der Waals surface area contributed by atoms with Crippen molar-refractivity contribution in [1.29, 1.82) is 0 Å². The predicted octanol–water partition coefficient (Wildman–Crippen LogP) is 7.08. The minimum absolute atomic E-state index is 1.17. The molecule has 6 saturated carbocycles. The minimum Gasteiger partial charge on any atom is -0.0683 e. The summed E-state index contributed by atoms with van der Waals surface area (Å²) in [5, 5.41) is 0. The first-order valence-corrected chi connectivity index (χ1v) is 10.3. The third kappa shape index (κ3) is 4.49. The molecule has 0 nitrogen and oxygen atoms in total. The first-order valence-electron chi connectivity index (χ1n) is 10.3. The fourth-order valence-electron chi connectivity index (χ4n) is 6.16. The summed E-state index contributed by atoms with van der Waals surface area (Å²) in [6.45, 7) is 8.00. The van der Waals surface area contributed by atoms with Crippen molar-refractivity contribution in [2.75, 3.05) is 0 Å². The Morgan fingerprint density at radius 2 is 0.524 bits per heavy atom. The van der Waals surface area contributed by atoms with Gasteiger partial charge in [-0.1, -0.05) is 53.4 Å². The fourth-order valence-corrected chi connectivity index (χ4v) is 6.16. The molecule has 0 spiro atoms. The number of hydrogen-bond acceptors (Lipinski definition) is 0. The van der Waals surface area contributed by atoms with Gasteiger partial charge in [0.15, 0.2) is 0 Å². The normalized spacial score (nSPS) is 44.0. The van der Waals surface area contributed by atoms with Crippen LogP contribution in [-0.2, 0) is 0 Å². The lowest BCUT2D eigenvalue weighted by Crippen LogP contribution is -2.38. The minimum atomic E-state index is 1.17. The Morgan fingerprint density at radius 3 is 0.667 bits per heavy atom. The molecule has 6 fully saturated rings. The molecular formula is C21H40. The van der Waals surface area contributed by atoms with E-state index in [0.29, 0.717) is 0 Å². The van der Waals surface area contributed by atoms with Crippen LogP contribution in [0.5, 0.6) is 0 Å². The van der Waals surface area contributed by atoms with Gasteiger partial charge in [0, 0.05) is 0 Å². The zero-order valence-electron chi connectivity index (χ0n) is 15.2. The van der Waals surface area contributed by atoms with Gasteiger partial charge in [0.2, 0.25) is 0 Å². The average Bonchev–Trinajstić information content (AvgIpc) is 3.16. The topological polar surface area (TPSA) is 0 Å². The van der Waals surface area contributed by atoms with Gasteiger partial charge in [-0.25, -0.2) is 0 Å². The van der Waals surface area contributed by atoms with Crippen molar-refractivity contribution in [2.45, 2.75) is 98.3 Å². The molecule has 6 aliphatic carbocycles. The maximum atomic E-state index is 2.00. The monoisotopic (exact) mass is 292 g/mol. The van der Waals surface area contributed by atoms with Crippen LogP contribution in [0.4, 0.5) is 0 Å². The molecule has 0 heterocycles. The van der Waals surface area contributed by atoms with Crippen LogP contribution in [-0.4, -0.2) is 0 Å². The molecule has 0 N–H and O–H groups in total. The SMILES string of the molecule is C1C2CC3CC1CC(C2)C3.C1CC2CCC1C2.CC.CC. The van der Waals surface area contributed by atoms with Crippen molar-refractivity contribution in [2.24, 2.45) is 35.5 Å². The van der Waals surface area contributed by atoms with Crippen LogP contribution >= 0.6 is 0 Å². The fraction of sp³-hybridized carbons (Fsp3) is 1.00. The molecule has 124 valence electrons. The summed E-state index contributed by atoms with van der Waals surface area (Å²) in [4.78, 5) is 0. The van der Waals surface area contributed by atoms with Crippen LogP contribution < -0.4 is 0 Å². The summed E-state index contributed by atoms with van der Waals surface area (Å²) in [7, 11) is 0. The van der Waals surface area contributed by atoms with Crippen molar-refractivity contribution in [1.82, 2.24) is 0 Å². The van der Waals surface area contributed by atoms with E-state index in [4.69, 9.17) is 0 Å². The summed E-state index contributed by atoms with van der Waals surface area (Å²) in [5.41, 5.74) is 0. The Bertz CT molecular complexity index is 205. The second kappa shape index (κ2) is 8.59. The van der Waals surface area contributed by atoms with Gasteiger partial charge in [0.05, 0.1) is 0 Å². The standard InChI is InChI=1S/C10H16.C7H12.2C2H6/c1-7-2-9-4-8(1)5-10(3-7)6-9;1-2-7-4-3-6(1)5-7;2*1-2/h7-10H,1-6H2;6-7H,1-5H2;2*1-2H3. The van der Waals surface area contributed by atoms with Crippen LogP contribution in [0.15, 0.2) is 0 Å². The van der Waals surface area contributed by atoms with E-state index in [1.54, 1.807) is 70.6 Å². The van der Waals surface area contributed by atoms with Gasteiger partial charge in [0.1, 0.15) is 0 Å². The average molecular weight is 293 g/mol. The predicted molar refractivity (Wildman–Crippen MR) is 94.4 cm³/mol. The van der Waals surface area contributed by atoms with E-state index >= 15 is 0 Å². The van der Waals surface area contributed by atoms with Crippen molar-refractivity contribution >= 4 is 0 Å². The summed E-state index contributed by atoms with van der Waals surface area (Å²) in [6.07, 6.45) is 17.4. The molecule has 0 heteroatoms. The van der Waals surface area contributed by atoms with E-state index < -0.39 is 0 Å². The molecule has 0 unspecified atom stereocenters. The molecule has 0 atom stereocenters. The van der Waals surface area contributed by atoms with Crippen molar-refractivity contribution in [3.8, 4) is 0 Å². The summed E-state index contributed by atoms with van der Waals surface area (Å²) in [6, 6.07) is 0. The van der Waals surface area contributed by atoms with E-state index in [0.717, 1.165) is 0 Å². The molecule has 6 rings (SSSR count). The second-order valence-electron chi connectivity index (χ2n) is 8.00. The van der Waals surface area contributed by atoms with Crippen molar-refractivity contribution in [3.05, 3.63) is 0 Å². The molecule has 0 radical (unpaired) electrons. The van der Waals surface area contributed by atoms with Gasteiger partial charge in [-0.2, -0.15) is 0 Å². The Morgan fingerprint density at radius 1 is 0.333 bits per heavy atom. The Kier molecular flexibility index (Phi) is 7.10. The molecule has 21 heavy (non-hydrogen) atoms. The lowest BCUT2D eigenvalue weighted by atomic mass is 9.56. The molecule has 0 saturated heterocycles.